The minimum Gasteiger partial charge on any atom is -0.379 e. The highest BCUT2D eigenvalue weighted by atomic mass is 32.2. The summed E-state index contributed by atoms with van der Waals surface area (Å²) in [5.74, 6) is -1.15. The Kier molecular flexibility index (Phi) is 6.49. The first-order chi connectivity index (χ1) is 12.9. The second-order valence-electron chi connectivity index (χ2n) is 7.22. The molecule has 6 nitrogen and oxygen atoms in total. The van der Waals surface area contributed by atoms with Crippen LogP contribution < -0.4 is 0 Å². The van der Waals surface area contributed by atoms with Crippen LogP contribution in [0.25, 0.3) is 0 Å². The van der Waals surface area contributed by atoms with Gasteiger partial charge in [0.25, 0.3) is 5.91 Å². The molecule has 0 unspecified atom stereocenters. The summed E-state index contributed by atoms with van der Waals surface area (Å²) in [6.07, 6.45) is 6.21. The Balaban J connectivity index is 1.85. The summed E-state index contributed by atoms with van der Waals surface area (Å²) in [6, 6.07) is 3.54. The van der Waals surface area contributed by atoms with Crippen molar-refractivity contribution in [3.63, 3.8) is 0 Å². The standard InChI is InChI=1S/C19H27FN2O4S/c1-21(15-6-4-2-3-5-7-15)19(23)17-14-16(8-9-18(17)20)27(24,25)22-10-12-26-13-11-22/h8-9,14-15H,2-7,10-13H2,1H3. The number of halogens is 1. The van der Waals surface area contributed by atoms with E-state index >= 15 is 0 Å². The molecule has 0 aromatic heterocycles. The minimum absolute atomic E-state index is 0.0524. The average molecular weight is 399 g/mol. The molecule has 2 aliphatic rings. The van der Waals surface area contributed by atoms with Gasteiger partial charge in [0.15, 0.2) is 0 Å². The smallest absolute Gasteiger partial charge is 0.256 e. The topological polar surface area (TPSA) is 66.9 Å². The van der Waals surface area contributed by atoms with Gasteiger partial charge in [0.1, 0.15) is 5.82 Å². The van der Waals surface area contributed by atoms with Gasteiger partial charge < -0.3 is 9.64 Å². The van der Waals surface area contributed by atoms with Crippen LogP contribution >= 0.6 is 0 Å². The Hall–Kier alpha value is -1.51. The first-order valence-corrected chi connectivity index (χ1v) is 11.0. The van der Waals surface area contributed by atoms with E-state index in [1.165, 1.54) is 16.4 Å². The van der Waals surface area contributed by atoms with Crippen LogP contribution in [0.4, 0.5) is 4.39 Å². The second kappa shape index (κ2) is 8.67. The number of carbonyl (C=O) groups excluding carboxylic acids is 1. The highest BCUT2D eigenvalue weighted by Crippen LogP contribution is 2.25. The molecule has 150 valence electrons. The van der Waals surface area contributed by atoms with Gasteiger partial charge in [-0.2, -0.15) is 4.31 Å². The molecular formula is C19H27FN2O4S. The molecule has 2 fully saturated rings. The SMILES string of the molecule is CN(C(=O)c1cc(S(=O)(=O)N2CCOCC2)ccc1F)C1CCCCCC1. The van der Waals surface area contributed by atoms with Crippen molar-refractivity contribution in [1.82, 2.24) is 9.21 Å². The number of sulfonamides is 1. The molecule has 0 N–H and O–H groups in total. The summed E-state index contributed by atoms with van der Waals surface area (Å²) in [4.78, 5) is 14.4. The lowest BCUT2D eigenvalue weighted by Crippen LogP contribution is -2.41. The maximum atomic E-state index is 14.4. The van der Waals surface area contributed by atoms with E-state index in [9.17, 15) is 17.6 Å². The monoisotopic (exact) mass is 398 g/mol. The summed E-state index contributed by atoms with van der Waals surface area (Å²) in [7, 11) is -2.09. The van der Waals surface area contributed by atoms with Crippen LogP contribution in [0.1, 0.15) is 48.9 Å². The summed E-state index contributed by atoms with van der Waals surface area (Å²) in [5, 5.41) is 0. The first-order valence-electron chi connectivity index (χ1n) is 9.56. The van der Waals surface area contributed by atoms with Gasteiger partial charge >= 0.3 is 0 Å². The average Bonchev–Trinajstić information content (AvgIpc) is 2.97. The zero-order valence-corrected chi connectivity index (χ0v) is 16.5. The zero-order chi connectivity index (χ0) is 19.4. The molecule has 1 heterocycles. The zero-order valence-electron chi connectivity index (χ0n) is 15.7. The van der Waals surface area contributed by atoms with Crippen molar-refractivity contribution in [2.24, 2.45) is 0 Å². The highest BCUT2D eigenvalue weighted by Gasteiger charge is 2.29. The summed E-state index contributed by atoms with van der Waals surface area (Å²) >= 11 is 0. The molecule has 1 aromatic carbocycles. The Labute approximate surface area is 160 Å². The number of hydrogen-bond acceptors (Lipinski definition) is 4. The molecule has 0 spiro atoms. The van der Waals surface area contributed by atoms with Gasteiger partial charge in [0.05, 0.1) is 23.7 Å². The number of morpholine rings is 1. The van der Waals surface area contributed by atoms with Gasteiger partial charge in [0, 0.05) is 26.2 Å². The van der Waals surface area contributed by atoms with Gasteiger partial charge in [-0.15, -0.1) is 0 Å². The third kappa shape index (κ3) is 4.50. The van der Waals surface area contributed by atoms with E-state index in [0.29, 0.717) is 13.2 Å². The van der Waals surface area contributed by atoms with Crippen molar-refractivity contribution < 1.29 is 22.3 Å². The fourth-order valence-corrected chi connectivity index (χ4v) is 5.20. The quantitative estimate of drug-likeness (QED) is 0.732. The molecule has 27 heavy (non-hydrogen) atoms. The summed E-state index contributed by atoms with van der Waals surface area (Å²) < 4.78 is 46.5. The van der Waals surface area contributed by atoms with E-state index in [4.69, 9.17) is 4.74 Å². The second-order valence-corrected chi connectivity index (χ2v) is 9.16. The maximum absolute atomic E-state index is 14.4. The lowest BCUT2D eigenvalue weighted by Gasteiger charge is -2.28. The molecule has 1 amide bonds. The van der Waals surface area contributed by atoms with E-state index in [1.54, 1.807) is 11.9 Å². The van der Waals surface area contributed by atoms with Gasteiger partial charge in [0.2, 0.25) is 10.0 Å². The third-order valence-electron chi connectivity index (χ3n) is 5.47. The Morgan fingerprint density at radius 1 is 1.15 bits per heavy atom. The lowest BCUT2D eigenvalue weighted by atomic mass is 10.1. The Bertz CT molecular complexity index is 770. The molecule has 1 aliphatic heterocycles. The number of nitrogens with zero attached hydrogens (tertiary/aromatic N) is 2. The predicted octanol–water partition coefficient (Wildman–Crippen LogP) is 2.64. The number of rotatable bonds is 4. The van der Waals surface area contributed by atoms with Gasteiger partial charge in [-0.05, 0) is 31.0 Å². The van der Waals surface area contributed by atoms with Crippen LogP contribution in [0.5, 0.6) is 0 Å². The molecule has 0 atom stereocenters. The van der Waals surface area contributed by atoms with Crippen LogP contribution in [0, 0.1) is 5.82 Å². The van der Waals surface area contributed by atoms with Crippen molar-refractivity contribution in [1.29, 1.82) is 0 Å². The molecule has 8 heteroatoms. The van der Waals surface area contributed by atoms with Crippen LogP contribution in [0.3, 0.4) is 0 Å². The van der Waals surface area contributed by atoms with Crippen LogP contribution in [0.15, 0.2) is 23.1 Å². The molecule has 1 saturated carbocycles. The highest BCUT2D eigenvalue weighted by molar-refractivity contribution is 7.89. The maximum Gasteiger partial charge on any atom is 0.256 e. The minimum atomic E-state index is -3.78. The normalized spacial score (nSPS) is 20.2. The lowest BCUT2D eigenvalue weighted by molar-refractivity contribution is 0.0711. The van der Waals surface area contributed by atoms with Gasteiger partial charge in [-0.25, -0.2) is 12.8 Å². The number of amides is 1. The van der Waals surface area contributed by atoms with Crippen molar-refractivity contribution in [3.05, 3.63) is 29.6 Å². The fraction of sp³-hybridized carbons (Fsp3) is 0.632. The number of carbonyl (C=O) groups is 1. The molecule has 0 radical (unpaired) electrons. The predicted molar refractivity (Wildman–Crippen MR) is 99.6 cm³/mol. The molecular weight excluding hydrogens is 371 g/mol. The van der Waals surface area contributed by atoms with Gasteiger partial charge in [-0.3, -0.25) is 4.79 Å². The largest absolute Gasteiger partial charge is 0.379 e. The van der Waals surface area contributed by atoms with Gasteiger partial charge in [-0.1, -0.05) is 25.7 Å². The van der Waals surface area contributed by atoms with E-state index in [1.807, 2.05) is 0 Å². The van der Waals surface area contributed by atoms with Crippen molar-refractivity contribution in [3.8, 4) is 0 Å². The number of benzene rings is 1. The molecule has 1 saturated heterocycles. The molecule has 1 aromatic rings. The van der Waals surface area contributed by atoms with Crippen LogP contribution in [-0.2, 0) is 14.8 Å². The van der Waals surface area contributed by atoms with Crippen molar-refractivity contribution in [2.75, 3.05) is 33.4 Å². The summed E-state index contributed by atoms with van der Waals surface area (Å²) in [5.41, 5.74) is -0.184. The van der Waals surface area contributed by atoms with E-state index in [0.717, 1.165) is 44.6 Å². The molecule has 1 aliphatic carbocycles. The fourth-order valence-electron chi connectivity index (χ4n) is 3.77. The van der Waals surface area contributed by atoms with Crippen molar-refractivity contribution in [2.45, 2.75) is 49.5 Å². The number of ether oxygens (including phenoxy) is 1. The van der Waals surface area contributed by atoms with E-state index in [2.05, 4.69) is 0 Å². The van der Waals surface area contributed by atoms with Crippen LogP contribution in [-0.4, -0.2) is 62.9 Å². The molecule has 0 bridgehead atoms. The summed E-state index contributed by atoms with van der Waals surface area (Å²) in [6.45, 7) is 1.17. The third-order valence-corrected chi connectivity index (χ3v) is 7.36. The Morgan fingerprint density at radius 3 is 2.41 bits per heavy atom. The van der Waals surface area contributed by atoms with Crippen LogP contribution in [0.2, 0.25) is 0 Å². The first kappa shape index (κ1) is 20.2. The molecule has 3 rings (SSSR count). The Morgan fingerprint density at radius 2 is 1.78 bits per heavy atom. The van der Waals surface area contributed by atoms with E-state index in [-0.39, 0.29) is 29.6 Å². The number of hydrogen-bond donors (Lipinski definition) is 0. The van der Waals surface area contributed by atoms with E-state index < -0.39 is 21.7 Å². The van der Waals surface area contributed by atoms with Crippen molar-refractivity contribution >= 4 is 15.9 Å².